The second kappa shape index (κ2) is 5.75. The Bertz CT molecular complexity index is 1080. The maximum atomic E-state index is 12.5. The highest BCUT2D eigenvalue weighted by Gasteiger charge is 2.18. The molecule has 0 aliphatic heterocycles. The number of rotatable bonds is 2. The Morgan fingerprint density at radius 1 is 1.09 bits per heavy atom. The van der Waals surface area contributed by atoms with Gasteiger partial charge >= 0.3 is 0 Å². The van der Waals surface area contributed by atoms with Gasteiger partial charge in [0.1, 0.15) is 0 Å². The normalized spacial score (nSPS) is 12.7. The first-order valence-electron chi connectivity index (χ1n) is 6.80. The SMILES string of the molecule is Cn1c(=NC(=O)c2ccccc2S(C)(=O)=O)sc2ccccc21. The Morgan fingerprint density at radius 3 is 2.43 bits per heavy atom. The molecule has 1 aromatic heterocycles. The number of hydrogen-bond donors (Lipinski definition) is 0. The third kappa shape index (κ3) is 2.97. The standard InChI is InChI=1S/C16H14N2O3S2/c1-18-12-8-4-5-9-13(12)22-16(18)17-15(19)11-7-3-6-10-14(11)23(2,20)21/h3-10H,1-2H3. The summed E-state index contributed by atoms with van der Waals surface area (Å²) in [5, 5.41) is 0. The summed E-state index contributed by atoms with van der Waals surface area (Å²) in [5.74, 6) is -0.562. The zero-order valence-corrected chi connectivity index (χ0v) is 14.2. The number of carbonyl (C=O) groups is 1. The van der Waals surface area contributed by atoms with Crippen LogP contribution in [0.25, 0.3) is 10.2 Å². The molecule has 0 bridgehead atoms. The molecule has 0 radical (unpaired) electrons. The number of benzene rings is 2. The highest BCUT2D eigenvalue weighted by atomic mass is 32.2. The van der Waals surface area contributed by atoms with Gasteiger partial charge in [-0.1, -0.05) is 35.6 Å². The average Bonchev–Trinajstić information content (AvgIpc) is 2.83. The topological polar surface area (TPSA) is 68.5 Å². The molecule has 0 unspecified atom stereocenters. The van der Waals surface area contributed by atoms with Crippen molar-refractivity contribution < 1.29 is 13.2 Å². The first kappa shape index (κ1) is 15.6. The molecule has 118 valence electrons. The van der Waals surface area contributed by atoms with E-state index in [1.807, 2.05) is 35.9 Å². The number of thiazole rings is 1. The van der Waals surface area contributed by atoms with E-state index < -0.39 is 15.7 Å². The molecule has 0 spiro atoms. The number of nitrogens with zero attached hydrogens (tertiary/aromatic N) is 2. The van der Waals surface area contributed by atoms with Crippen LogP contribution in [-0.4, -0.2) is 25.1 Å². The Hall–Kier alpha value is -2.25. The van der Waals surface area contributed by atoms with Crippen molar-refractivity contribution in [2.75, 3.05) is 6.26 Å². The van der Waals surface area contributed by atoms with E-state index in [4.69, 9.17) is 0 Å². The molecule has 0 aliphatic rings. The predicted molar refractivity (Wildman–Crippen MR) is 90.2 cm³/mol. The molecular weight excluding hydrogens is 332 g/mol. The fourth-order valence-corrected chi connectivity index (χ4v) is 4.20. The number of fused-ring (bicyclic) bond motifs is 1. The molecular formula is C16H14N2O3S2. The van der Waals surface area contributed by atoms with Crippen LogP contribution in [-0.2, 0) is 16.9 Å². The van der Waals surface area contributed by atoms with Gasteiger partial charge in [-0.25, -0.2) is 8.42 Å². The van der Waals surface area contributed by atoms with E-state index in [0.717, 1.165) is 16.5 Å². The second-order valence-corrected chi connectivity index (χ2v) is 8.09. The van der Waals surface area contributed by atoms with Gasteiger partial charge in [0.15, 0.2) is 14.6 Å². The quantitative estimate of drug-likeness (QED) is 0.715. The lowest BCUT2D eigenvalue weighted by atomic mass is 10.2. The average molecular weight is 346 g/mol. The lowest BCUT2D eigenvalue weighted by Gasteiger charge is -2.03. The summed E-state index contributed by atoms with van der Waals surface area (Å²) < 4.78 is 26.5. The molecule has 0 aliphatic carbocycles. The van der Waals surface area contributed by atoms with Crippen LogP contribution >= 0.6 is 11.3 Å². The van der Waals surface area contributed by atoms with Crippen LogP contribution in [0.4, 0.5) is 0 Å². The molecule has 5 nitrogen and oxygen atoms in total. The van der Waals surface area contributed by atoms with Gasteiger partial charge in [-0.2, -0.15) is 4.99 Å². The Morgan fingerprint density at radius 2 is 1.74 bits per heavy atom. The van der Waals surface area contributed by atoms with E-state index in [-0.39, 0.29) is 10.5 Å². The van der Waals surface area contributed by atoms with Crippen LogP contribution in [0.1, 0.15) is 10.4 Å². The largest absolute Gasteiger partial charge is 0.319 e. The molecule has 2 aromatic carbocycles. The fourth-order valence-electron chi connectivity index (χ4n) is 2.30. The van der Waals surface area contributed by atoms with Gasteiger partial charge in [0.05, 0.1) is 20.7 Å². The first-order chi connectivity index (χ1) is 10.9. The molecule has 1 heterocycles. The molecule has 0 atom stereocenters. The maximum Gasteiger partial charge on any atom is 0.280 e. The number of aryl methyl sites for hydroxylation is 1. The lowest BCUT2D eigenvalue weighted by molar-refractivity contribution is 0.0995. The van der Waals surface area contributed by atoms with Gasteiger partial charge in [-0.05, 0) is 24.3 Å². The molecule has 1 amide bonds. The number of carbonyl (C=O) groups excluding carboxylic acids is 1. The number of sulfone groups is 1. The lowest BCUT2D eigenvalue weighted by Crippen LogP contribution is -2.14. The highest BCUT2D eigenvalue weighted by Crippen LogP contribution is 2.18. The molecule has 0 saturated carbocycles. The molecule has 0 N–H and O–H groups in total. The maximum absolute atomic E-state index is 12.5. The number of aromatic nitrogens is 1. The van der Waals surface area contributed by atoms with E-state index in [0.29, 0.717) is 4.80 Å². The second-order valence-electron chi connectivity index (χ2n) is 5.10. The van der Waals surface area contributed by atoms with Crippen LogP contribution in [0.5, 0.6) is 0 Å². The first-order valence-corrected chi connectivity index (χ1v) is 9.51. The zero-order valence-electron chi connectivity index (χ0n) is 12.6. The van der Waals surface area contributed by atoms with E-state index in [1.165, 1.54) is 23.5 Å². The van der Waals surface area contributed by atoms with Crippen LogP contribution < -0.4 is 4.80 Å². The summed E-state index contributed by atoms with van der Waals surface area (Å²) in [5.41, 5.74) is 1.06. The molecule has 0 saturated heterocycles. The molecule has 7 heteroatoms. The third-order valence-corrected chi connectivity index (χ3v) is 5.70. The minimum atomic E-state index is -3.49. The fraction of sp³-hybridized carbons (Fsp3) is 0.125. The smallest absolute Gasteiger partial charge is 0.280 e. The number of amides is 1. The summed E-state index contributed by atoms with van der Waals surface area (Å²) in [7, 11) is -1.66. The molecule has 0 fully saturated rings. The Labute approximate surface area is 137 Å². The van der Waals surface area contributed by atoms with E-state index >= 15 is 0 Å². The van der Waals surface area contributed by atoms with Crippen LogP contribution in [0, 0.1) is 0 Å². The van der Waals surface area contributed by atoms with Gasteiger partial charge in [0.2, 0.25) is 0 Å². The van der Waals surface area contributed by atoms with Crippen LogP contribution in [0.15, 0.2) is 58.4 Å². The third-order valence-electron chi connectivity index (χ3n) is 3.43. The van der Waals surface area contributed by atoms with E-state index in [2.05, 4.69) is 4.99 Å². The van der Waals surface area contributed by atoms with Gasteiger partial charge < -0.3 is 4.57 Å². The number of hydrogen-bond acceptors (Lipinski definition) is 4. The summed E-state index contributed by atoms with van der Waals surface area (Å²) in [6, 6.07) is 13.9. The van der Waals surface area contributed by atoms with Crippen molar-refractivity contribution in [3.63, 3.8) is 0 Å². The van der Waals surface area contributed by atoms with E-state index in [1.54, 1.807) is 12.1 Å². The molecule has 3 aromatic rings. The van der Waals surface area contributed by atoms with Crippen LogP contribution in [0.3, 0.4) is 0 Å². The minimum absolute atomic E-state index is 0.00230. The summed E-state index contributed by atoms with van der Waals surface area (Å²) in [6.45, 7) is 0. The van der Waals surface area contributed by atoms with Gasteiger partial charge in [0.25, 0.3) is 5.91 Å². The van der Waals surface area contributed by atoms with Crippen molar-refractivity contribution in [1.29, 1.82) is 0 Å². The highest BCUT2D eigenvalue weighted by molar-refractivity contribution is 7.90. The van der Waals surface area contributed by atoms with Gasteiger partial charge in [-0.3, -0.25) is 4.79 Å². The van der Waals surface area contributed by atoms with Crippen molar-refractivity contribution >= 4 is 37.3 Å². The van der Waals surface area contributed by atoms with Crippen molar-refractivity contribution in [2.24, 2.45) is 12.0 Å². The minimum Gasteiger partial charge on any atom is -0.319 e. The predicted octanol–water partition coefficient (Wildman–Crippen LogP) is 2.38. The van der Waals surface area contributed by atoms with Crippen molar-refractivity contribution in [1.82, 2.24) is 4.57 Å². The molecule has 23 heavy (non-hydrogen) atoms. The van der Waals surface area contributed by atoms with Gasteiger partial charge in [0, 0.05) is 13.3 Å². The monoisotopic (exact) mass is 346 g/mol. The van der Waals surface area contributed by atoms with E-state index in [9.17, 15) is 13.2 Å². The zero-order chi connectivity index (χ0) is 16.6. The van der Waals surface area contributed by atoms with Crippen LogP contribution in [0.2, 0.25) is 0 Å². The van der Waals surface area contributed by atoms with Crippen molar-refractivity contribution in [2.45, 2.75) is 4.90 Å². The Kier molecular flexibility index (Phi) is 3.91. The van der Waals surface area contributed by atoms with Gasteiger partial charge in [-0.15, -0.1) is 0 Å². The summed E-state index contributed by atoms with van der Waals surface area (Å²) in [4.78, 5) is 17.1. The van der Waals surface area contributed by atoms with Crippen molar-refractivity contribution in [3.8, 4) is 0 Å². The summed E-state index contributed by atoms with van der Waals surface area (Å²) >= 11 is 1.39. The van der Waals surface area contributed by atoms with Crippen molar-refractivity contribution in [3.05, 3.63) is 58.9 Å². The summed E-state index contributed by atoms with van der Waals surface area (Å²) in [6.07, 6.45) is 1.08. The Balaban J connectivity index is 2.17. The molecule has 3 rings (SSSR count). The number of para-hydroxylation sites is 1.